The van der Waals surface area contributed by atoms with E-state index in [-0.39, 0.29) is 23.1 Å². The van der Waals surface area contributed by atoms with E-state index >= 15 is 0 Å². The van der Waals surface area contributed by atoms with Crippen LogP contribution in [0.1, 0.15) is 24.1 Å². The highest BCUT2D eigenvalue weighted by atomic mass is 79.9. The van der Waals surface area contributed by atoms with Crippen molar-refractivity contribution in [2.24, 2.45) is 0 Å². The Bertz CT molecular complexity index is 1540. The number of pyridine rings is 1. The molecule has 0 saturated carbocycles. The van der Waals surface area contributed by atoms with E-state index in [2.05, 4.69) is 31.5 Å². The highest BCUT2D eigenvalue weighted by Crippen LogP contribution is 2.27. The molecule has 0 spiro atoms. The Kier molecular flexibility index (Phi) is 7.46. The molecule has 10 heteroatoms. The number of benzene rings is 3. The van der Waals surface area contributed by atoms with Crippen molar-refractivity contribution in [1.29, 1.82) is 0 Å². The molecule has 1 heterocycles. The van der Waals surface area contributed by atoms with Gasteiger partial charge in [-0.2, -0.15) is 0 Å². The number of hydrogen-bond acceptors (Lipinski definition) is 7. The van der Waals surface area contributed by atoms with E-state index in [1.807, 2.05) is 48.5 Å². The first-order valence-electron chi connectivity index (χ1n) is 11.2. The molecule has 3 aromatic carbocycles. The first-order valence-corrected chi connectivity index (χ1v) is 13.7. The van der Waals surface area contributed by atoms with Gasteiger partial charge in [0.25, 0.3) is 0 Å². The molecule has 186 valence electrons. The third-order valence-electron chi connectivity index (χ3n) is 5.80. The Morgan fingerprint density at radius 1 is 1.06 bits per heavy atom. The summed E-state index contributed by atoms with van der Waals surface area (Å²) < 4.78 is 25.9. The molecule has 4 aromatic rings. The number of fused-ring (bicyclic) bond motifs is 1. The molecule has 0 bridgehead atoms. The average Bonchev–Trinajstić information content (AvgIpc) is 2.86. The maximum Gasteiger partial charge on any atom is 0.247 e. The van der Waals surface area contributed by atoms with E-state index in [9.17, 15) is 13.2 Å². The monoisotopic (exact) mass is 567 g/mol. The molecule has 8 nitrogen and oxygen atoms in total. The van der Waals surface area contributed by atoms with Gasteiger partial charge in [0.2, 0.25) is 5.91 Å². The van der Waals surface area contributed by atoms with Crippen molar-refractivity contribution in [2.45, 2.75) is 24.4 Å². The van der Waals surface area contributed by atoms with Crippen LogP contribution in [-0.2, 0) is 21.2 Å². The number of nitrogens with two attached hydrogens (primary N) is 2. The summed E-state index contributed by atoms with van der Waals surface area (Å²) in [4.78, 5) is 17.7. The molecule has 6 N–H and O–H groups in total. The number of carbonyl (C=O) groups is 1. The van der Waals surface area contributed by atoms with E-state index in [4.69, 9.17) is 11.5 Å². The summed E-state index contributed by atoms with van der Waals surface area (Å²) in [7, 11) is -3.49. The molecule has 1 aromatic heterocycles. The van der Waals surface area contributed by atoms with Crippen LogP contribution in [0.15, 0.2) is 82.3 Å². The Hall–Kier alpha value is -3.63. The highest BCUT2D eigenvalue weighted by molar-refractivity contribution is 9.10. The first-order chi connectivity index (χ1) is 17.2. The number of sulfone groups is 1. The summed E-state index contributed by atoms with van der Waals surface area (Å²) in [6, 6.07) is 18.7. The van der Waals surface area contributed by atoms with Crippen LogP contribution in [0.25, 0.3) is 10.8 Å². The predicted octanol–water partition coefficient (Wildman–Crippen LogP) is 4.42. The third kappa shape index (κ3) is 5.60. The Balaban J connectivity index is 1.64. The Morgan fingerprint density at radius 2 is 1.86 bits per heavy atom. The van der Waals surface area contributed by atoms with Crippen LogP contribution in [0.4, 0.5) is 17.2 Å². The molecule has 0 aliphatic carbocycles. The molecule has 0 fully saturated rings. The average molecular weight is 568 g/mol. The molecule has 0 aliphatic rings. The van der Waals surface area contributed by atoms with Gasteiger partial charge in [-0.3, -0.25) is 4.79 Å². The van der Waals surface area contributed by atoms with E-state index in [0.29, 0.717) is 22.8 Å². The van der Waals surface area contributed by atoms with Crippen molar-refractivity contribution in [3.05, 3.63) is 88.5 Å². The Labute approximate surface area is 218 Å². The van der Waals surface area contributed by atoms with Crippen LogP contribution in [0.2, 0.25) is 0 Å². The van der Waals surface area contributed by atoms with Gasteiger partial charge in [0.1, 0.15) is 11.9 Å². The molecule has 1 atom stereocenters. The predicted molar refractivity (Wildman–Crippen MR) is 147 cm³/mol. The second kappa shape index (κ2) is 10.5. The van der Waals surface area contributed by atoms with E-state index in [0.717, 1.165) is 20.8 Å². The number of halogens is 1. The van der Waals surface area contributed by atoms with Crippen LogP contribution < -0.4 is 22.1 Å². The van der Waals surface area contributed by atoms with E-state index < -0.39 is 15.9 Å². The zero-order valence-electron chi connectivity index (χ0n) is 19.5. The molecule has 0 saturated heterocycles. The lowest BCUT2D eigenvalue weighted by molar-refractivity contribution is -0.122. The van der Waals surface area contributed by atoms with Crippen molar-refractivity contribution in [2.75, 3.05) is 22.5 Å². The SMILES string of the molecule is CCS(=O)(=O)c1ccc(N)cc1CNC(=O)C(Nc1ccc2c(N)nccc2c1)c1cccc(Br)c1. The second-order valence-corrected chi connectivity index (χ2v) is 11.4. The van der Waals surface area contributed by atoms with Crippen LogP contribution in [-0.4, -0.2) is 25.1 Å². The maximum absolute atomic E-state index is 13.5. The van der Waals surface area contributed by atoms with E-state index in [1.54, 1.807) is 25.3 Å². The number of nitrogen functional groups attached to an aromatic ring is 2. The Morgan fingerprint density at radius 3 is 2.61 bits per heavy atom. The van der Waals surface area contributed by atoms with Crippen LogP contribution >= 0.6 is 15.9 Å². The number of anilines is 3. The van der Waals surface area contributed by atoms with Gasteiger partial charge in [0.05, 0.1) is 10.6 Å². The zero-order chi connectivity index (χ0) is 25.9. The minimum absolute atomic E-state index is 0.00451. The lowest BCUT2D eigenvalue weighted by atomic mass is 10.0. The molecule has 0 radical (unpaired) electrons. The minimum Gasteiger partial charge on any atom is -0.399 e. The van der Waals surface area contributed by atoms with Crippen LogP contribution in [0, 0.1) is 0 Å². The molecular weight excluding hydrogens is 542 g/mol. The lowest BCUT2D eigenvalue weighted by Gasteiger charge is -2.21. The van der Waals surface area contributed by atoms with Crippen molar-refractivity contribution >= 4 is 59.6 Å². The number of carbonyl (C=O) groups excluding carboxylic acids is 1. The topological polar surface area (TPSA) is 140 Å². The van der Waals surface area contributed by atoms with Gasteiger partial charge >= 0.3 is 0 Å². The molecule has 1 amide bonds. The summed E-state index contributed by atoms with van der Waals surface area (Å²) in [5, 5.41) is 7.88. The fourth-order valence-corrected chi connectivity index (χ4v) is 5.46. The van der Waals surface area contributed by atoms with Gasteiger partial charge < -0.3 is 22.1 Å². The molecule has 4 rings (SSSR count). The molecule has 36 heavy (non-hydrogen) atoms. The van der Waals surface area contributed by atoms with Gasteiger partial charge in [-0.05, 0) is 71.1 Å². The number of amides is 1. The van der Waals surface area contributed by atoms with Gasteiger partial charge in [-0.15, -0.1) is 0 Å². The van der Waals surface area contributed by atoms with Crippen LogP contribution in [0.5, 0.6) is 0 Å². The summed E-state index contributed by atoms with van der Waals surface area (Å²) in [5.41, 5.74) is 14.2. The van der Waals surface area contributed by atoms with Crippen molar-refractivity contribution < 1.29 is 13.2 Å². The van der Waals surface area contributed by atoms with Crippen molar-refractivity contribution in [1.82, 2.24) is 10.3 Å². The van der Waals surface area contributed by atoms with E-state index in [1.165, 1.54) is 6.07 Å². The van der Waals surface area contributed by atoms with Gasteiger partial charge in [0, 0.05) is 34.0 Å². The van der Waals surface area contributed by atoms with Crippen molar-refractivity contribution in [3.63, 3.8) is 0 Å². The largest absolute Gasteiger partial charge is 0.399 e. The number of nitrogens with one attached hydrogen (secondary N) is 2. The normalized spacial score (nSPS) is 12.3. The number of hydrogen-bond donors (Lipinski definition) is 4. The number of rotatable bonds is 8. The van der Waals surface area contributed by atoms with Crippen LogP contribution in [0.3, 0.4) is 0 Å². The smallest absolute Gasteiger partial charge is 0.247 e. The fraction of sp³-hybridized carbons (Fsp3) is 0.154. The summed E-state index contributed by atoms with van der Waals surface area (Å²) in [6.07, 6.45) is 1.63. The molecule has 0 aliphatic heterocycles. The van der Waals surface area contributed by atoms with Gasteiger partial charge in [-0.1, -0.05) is 35.0 Å². The quantitative estimate of drug-likeness (QED) is 0.231. The number of nitrogens with zero attached hydrogens (tertiary/aromatic N) is 1. The molecular formula is C26H26BrN5O3S. The van der Waals surface area contributed by atoms with Gasteiger partial charge in [-0.25, -0.2) is 13.4 Å². The summed E-state index contributed by atoms with van der Waals surface area (Å²) in [6.45, 7) is 1.58. The fourth-order valence-electron chi connectivity index (χ4n) is 3.92. The highest BCUT2D eigenvalue weighted by Gasteiger charge is 2.23. The second-order valence-electron chi connectivity index (χ2n) is 8.25. The van der Waals surface area contributed by atoms with Gasteiger partial charge in [0.15, 0.2) is 9.84 Å². The summed E-state index contributed by atoms with van der Waals surface area (Å²) in [5.74, 6) is 0.0484. The maximum atomic E-state index is 13.5. The number of aromatic nitrogens is 1. The third-order valence-corrected chi connectivity index (χ3v) is 8.12. The first kappa shape index (κ1) is 25.5. The standard InChI is InChI=1S/C26H26BrN5O3S/c1-2-36(34,35)23-9-6-20(28)13-18(23)15-31-26(33)24(17-4-3-5-19(27)12-17)32-21-7-8-22-16(14-21)10-11-30-25(22)29/h3-14,24,32H,2,15,28H2,1H3,(H2,29,30)(H,31,33). The van der Waals surface area contributed by atoms with Crippen molar-refractivity contribution in [3.8, 4) is 0 Å². The summed E-state index contributed by atoms with van der Waals surface area (Å²) >= 11 is 3.47. The lowest BCUT2D eigenvalue weighted by Crippen LogP contribution is -2.33. The molecule has 1 unspecified atom stereocenters. The zero-order valence-corrected chi connectivity index (χ0v) is 21.9. The minimum atomic E-state index is -3.49.